The molecule has 1 aliphatic carbocycles. The fourth-order valence-corrected chi connectivity index (χ4v) is 4.01. The largest absolute Gasteiger partial charge is 0.376 e. The molecule has 5 heteroatoms. The Morgan fingerprint density at radius 2 is 2.00 bits per heavy atom. The summed E-state index contributed by atoms with van der Waals surface area (Å²) in [4.78, 5) is 26.6. The smallest absolute Gasteiger partial charge is 0.251 e. The fraction of sp³-hybridized carbons (Fsp3) is 0.579. The van der Waals surface area contributed by atoms with E-state index in [1.165, 1.54) is 0 Å². The minimum Gasteiger partial charge on any atom is -0.376 e. The first-order valence-corrected chi connectivity index (χ1v) is 8.87. The fourth-order valence-electron chi connectivity index (χ4n) is 4.01. The van der Waals surface area contributed by atoms with Gasteiger partial charge in [0.1, 0.15) is 0 Å². The van der Waals surface area contributed by atoms with Crippen LogP contribution in [0.15, 0.2) is 30.3 Å². The lowest BCUT2D eigenvalue weighted by Crippen LogP contribution is -2.36. The summed E-state index contributed by atoms with van der Waals surface area (Å²) in [5, 5.41) is 3.02. The van der Waals surface area contributed by atoms with E-state index in [1.807, 2.05) is 35.2 Å². The van der Waals surface area contributed by atoms with Gasteiger partial charge in [0.05, 0.1) is 12.7 Å². The van der Waals surface area contributed by atoms with Crippen molar-refractivity contribution in [3.05, 3.63) is 35.9 Å². The third-order valence-electron chi connectivity index (χ3n) is 5.74. The average molecular weight is 328 g/mol. The molecule has 24 heavy (non-hydrogen) atoms. The number of ether oxygens (including phenoxy) is 1. The number of nitrogens with zero attached hydrogens (tertiary/aromatic N) is 1. The van der Waals surface area contributed by atoms with Gasteiger partial charge >= 0.3 is 0 Å². The van der Waals surface area contributed by atoms with Crippen molar-refractivity contribution in [3.63, 3.8) is 0 Å². The van der Waals surface area contributed by atoms with E-state index in [4.69, 9.17) is 4.74 Å². The van der Waals surface area contributed by atoms with Crippen molar-refractivity contribution in [1.82, 2.24) is 10.2 Å². The average Bonchev–Trinajstić information content (AvgIpc) is 3.02. The van der Waals surface area contributed by atoms with Gasteiger partial charge in [-0.05, 0) is 24.5 Å². The van der Waals surface area contributed by atoms with Gasteiger partial charge in [-0.15, -0.1) is 0 Å². The second-order valence-electron chi connectivity index (χ2n) is 7.43. The summed E-state index contributed by atoms with van der Waals surface area (Å²) < 4.78 is 5.89. The van der Waals surface area contributed by atoms with Crippen molar-refractivity contribution in [2.45, 2.75) is 19.4 Å². The summed E-state index contributed by atoms with van der Waals surface area (Å²) in [7, 11) is 0. The monoisotopic (exact) mass is 328 g/mol. The Balaban J connectivity index is 1.31. The molecule has 1 saturated carbocycles. The minimum absolute atomic E-state index is 0.0446. The SMILES string of the molecule is C[C@@H]1C[C@@H]1C(=O)N1C[C@@H]2[C@H](CNC(=O)c3ccccc3)CO[C@@H]2C1. The van der Waals surface area contributed by atoms with Gasteiger partial charge in [0, 0.05) is 43.0 Å². The first-order chi connectivity index (χ1) is 11.6. The third-order valence-corrected chi connectivity index (χ3v) is 5.74. The number of fused-ring (bicyclic) bond motifs is 1. The number of hydrogen-bond acceptors (Lipinski definition) is 3. The molecule has 0 spiro atoms. The molecule has 4 rings (SSSR count). The zero-order valence-corrected chi connectivity index (χ0v) is 14.0. The Labute approximate surface area is 142 Å². The maximum absolute atomic E-state index is 12.4. The lowest BCUT2D eigenvalue weighted by molar-refractivity contribution is -0.132. The first-order valence-electron chi connectivity index (χ1n) is 8.87. The first kappa shape index (κ1) is 15.6. The molecule has 0 radical (unpaired) electrons. The van der Waals surface area contributed by atoms with Crippen LogP contribution in [-0.4, -0.2) is 49.1 Å². The van der Waals surface area contributed by atoms with Crippen molar-refractivity contribution >= 4 is 11.8 Å². The predicted octanol–water partition coefficient (Wildman–Crippen LogP) is 1.55. The van der Waals surface area contributed by atoms with Crippen LogP contribution in [-0.2, 0) is 9.53 Å². The van der Waals surface area contributed by atoms with E-state index >= 15 is 0 Å². The number of nitrogens with one attached hydrogen (secondary N) is 1. The van der Waals surface area contributed by atoms with E-state index in [1.54, 1.807) is 0 Å². The van der Waals surface area contributed by atoms with Crippen molar-refractivity contribution in [1.29, 1.82) is 0 Å². The highest BCUT2D eigenvalue weighted by Crippen LogP contribution is 2.41. The number of carbonyl (C=O) groups is 2. The number of hydrogen-bond donors (Lipinski definition) is 1. The second kappa shape index (κ2) is 6.20. The summed E-state index contributed by atoms with van der Waals surface area (Å²) in [6, 6.07) is 9.26. The van der Waals surface area contributed by atoms with Crippen molar-refractivity contribution in [2.24, 2.45) is 23.7 Å². The molecule has 5 nitrogen and oxygen atoms in total. The molecule has 128 valence electrons. The molecule has 0 aromatic heterocycles. The van der Waals surface area contributed by atoms with E-state index in [-0.39, 0.29) is 23.8 Å². The standard InChI is InChI=1S/C19H24N2O3/c1-12-7-15(12)19(23)21-9-16-14(11-24-17(16)10-21)8-20-18(22)13-5-3-2-4-6-13/h2-6,12,14-17H,7-11H2,1H3,(H,20,22)/t12-,14-,15+,16-,17-/m1/s1. The topological polar surface area (TPSA) is 58.6 Å². The van der Waals surface area contributed by atoms with Gasteiger partial charge in [0.15, 0.2) is 0 Å². The van der Waals surface area contributed by atoms with Gasteiger partial charge in [0.25, 0.3) is 5.91 Å². The molecular formula is C19H24N2O3. The Morgan fingerprint density at radius 3 is 2.71 bits per heavy atom. The Hall–Kier alpha value is -1.88. The van der Waals surface area contributed by atoms with Gasteiger partial charge in [-0.2, -0.15) is 0 Å². The zero-order chi connectivity index (χ0) is 16.7. The van der Waals surface area contributed by atoms with Crippen LogP contribution in [0.2, 0.25) is 0 Å². The summed E-state index contributed by atoms with van der Waals surface area (Å²) >= 11 is 0. The van der Waals surface area contributed by atoms with Gasteiger partial charge in [-0.25, -0.2) is 0 Å². The zero-order valence-electron chi connectivity index (χ0n) is 14.0. The lowest BCUT2D eigenvalue weighted by atomic mass is 9.93. The van der Waals surface area contributed by atoms with Gasteiger partial charge in [-0.3, -0.25) is 9.59 Å². The minimum atomic E-state index is -0.0446. The van der Waals surface area contributed by atoms with Crippen LogP contribution in [0.3, 0.4) is 0 Å². The predicted molar refractivity (Wildman–Crippen MR) is 89.3 cm³/mol. The summed E-state index contributed by atoms with van der Waals surface area (Å²) in [5.74, 6) is 1.67. The second-order valence-corrected chi connectivity index (χ2v) is 7.43. The molecule has 0 bridgehead atoms. The van der Waals surface area contributed by atoms with Crippen LogP contribution in [0.4, 0.5) is 0 Å². The van der Waals surface area contributed by atoms with E-state index in [0.29, 0.717) is 36.5 Å². The molecule has 3 fully saturated rings. The number of likely N-dealkylation sites (tertiary alicyclic amines) is 1. The molecule has 2 saturated heterocycles. The van der Waals surface area contributed by atoms with Crippen LogP contribution in [0.1, 0.15) is 23.7 Å². The van der Waals surface area contributed by atoms with E-state index in [0.717, 1.165) is 19.5 Å². The van der Waals surface area contributed by atoms with Crippen LogP contribution in [0, 0.1) is 23.7 Å². The Morgan fingerprint density at radius 1 is 1.25 bits per heavy atom. The maximum Gasteiger partial charge on any atom is 0.251 e. The lowest BCUT2D eigenvalue weighted by Gasteiger charge is -2.20. The van der Waals surface area contributed by atoms with Crippen molar-refractivity contribution in [2.75, 3.05) is 26.2 Å². The van der Waals surface area contributed by atoms with Gasteiger partial charge in [0.2, 0.25) is 5.91 Å². The molecule has 1 aromatic rings. The van der Waals surface area contributed by atoms with E-state index in [2.05, 4.69) is 12.2 Å². The van der Waals surface area contributed by atoms with Gasteiger partial charge in [-0.1, -0.05) is 25.1 Å². The van der Waals surface area contributed by atoms with Crippen LogP contribution < -0.4 is 5.32 Å². The molecular weight excluding hydrogens is 304 g/mol. The van der Waals surface area contributed by atoms with Crippen LogP contribution >= 0.6 is 0 Å². The highest BCUT2D eigenvalue weighted by Gasteiger charge is 2.49. The molecule has 5 atom stereocenters. The molecule has 1 N–H and O–H groups in total. The maximum atomic E-state index is 12.4. The molecule has 2 aliphatic heterocycles. The molecule has 2 amide bonds. The summed E-state index contributed by atoms with van der Waals surface area (Å²) in [6.07, 6.45) is 1.17. The molecule has 2 heterocycles. The quantitative estimate of drug-likeness (QED) is 0.912. The summed E-state index contributed by atoms with van der Waals surface area (Å²) in [6.45, 7) is 4.91. The number of rotatable bonds is 4. The summed E-state index contributed by atoms with van der Waals surface area (Å²) in [5.41, 5.74) is 0.680. The van der Waals surface area contributed by atoms with Crippen molar-refractivity contribution < 1.29 is 14.3 Å². The Kier molecular flexibility index (Phi) is 4.04. The number of amides is 2. The van der Waals surface area contributed by atoms with Gasteiger partial charge < -0.3 is 15.0 Å². The normalized spacial score (nSPS) is 34.0. The van der Waals surface area contributed by atoms with E-state index in [9.17, 15) is 9.59 Å². The molecule has 0 unspecified atom stereocenters. The Bertz CT molecular complexity index is 633. The number of carbonyl (C=O) groups excluding carboxylic acids is 2. The van der Waals surface area contributed by atoms with Crippen LogP contribution in [0.5, 0.6) is 0 Å². The van der Waals surface area contributed by atoms with E-state index < -0.39 is 0 Å². The van der Waals surface area contributed by atoms with Crippen molar-refractivity contribution in [3.8, 4) is 0 Å². The molecule has 1 aromatic carbocycles. The van der Waals surface area contributed by atoms with Crippen LogP contribution in [0.25, 0.3) is 0 Å². The number of benzene rings is 1. The highest BCUT2D eigenvalue weighted by molar-refractivity contribution is 5.94. The highest BCUT2D eigenvalue weighted by atomic mass is 16.5. The molecule has 3 aliphatic rings. The third kappa shape index (κ3) is 2.93.